The largest absolute Gasteiger partial charge is 0.377 e. The van der Waals surface area contributed by atoms with Gasteiger partial charge in [-0.3, -0.25) is 0 Å². The van der Waals surface area contributed by atoms with Crippen LogP contribution in [0.4, 0.5) is 0 Å². The maximum absolute atomic E-state index is 9.01. The van der Waals surface area contributed by atoms with E-state index >= 15 is 0 Å². The van der Waals surface area contributed by atoms with Gasteiger partial charge in [-0.25, -0.2) is 0 Å². The number of aryl methyl sites for hydroxylation is 3. The second kappa shape index (κ2) is 7.59. The van der Waals surface area contributed by atoms with Gasteiger partial charge in [0.15, 0.2) is 0 Å². The van der Waals surface area contributed by atoms with E-state index in [0.717, 1.165) is 40.1 Å². The molecule has 1 heterocycles. The summed E-state index contributed by atoms with van der Waals surface area (Å²) in [5.41, 5.74) is 10.5. The molecule has 0 radical (unpaired) electrons. The van der Waals surface area contributed by atoms with Crippen molar-refractivity contribution >= 4 is 21.8 Å². The third-order valence-corrected chi connectivity index (χ3v) is 4.75. The lowest BCUT2D eigenvalue weighted by Crippen LogP contribution is -2.17. The smallest absolute Gasteiger partial charge is 0.209 e. The second-order valence-corrected chi connectivity index (χ2v) is 6.53. The molecule has 3 rings (SSSR count). The van der Waals surface area contributed by atoms with Crippen molar-refractivity contribution in [2.45, 2.75) is 39.8 Å². The molecule has 0 saturated carbocycles. The van der Waals surface area contributed by atoms with Gasteiger partial charge >= 0.3 is 0 Å². The molecular weight excluding hydrogens is 324 g/mol. The number of fused-ring (bicyclic) bond motifs is 2. The van der Waals surface area contributed by atoms with E-state index in [2.05, 4.69) is 47.8 Å². The van der Waals surface area contributed by atoms with Crippen molar-refractivity contribution in [1.29, 1.82) is 5.26 Å². The highest BCUT2D eigenvalue weighted by Gasteiger charge is 2.13. The lowest BCUT2D eigenvalue weighted by molar-refractivity contribution is 0.102. The van der Waals surface area contributed by atoms with Gasteiger partial charge in [0.05, 0.1) is 11.0 Å². The number of nitrogens with zero attached hydrogens (tertiary/aromatic N) is 3. The Morgan fingerprint density at radius 2 is 1.96 bits per heavy atom. The Balaban J connectivity index is 2.46. The molecule has 0 bridgehead atoms. The van der Waals surface area contributed by atoms with Gasteiger partial charge in [0.25, 0.3) is 0 Å². The van der Waals surface area contributed by atoms with E-state index < -0.39 is 6.10 Å². The molecule has 3 aromatic rings. The molecule has 5 nitrogen and oxygen atoms in total. The minimum atomic E-state index is -0.597. The van der Waals surface area contributed by atoms with E-state index in [1.165, 1.54) is 11.1 Å². The van der Waals surface area contributed by atoms with E-state index in [-0.39, 0.29) is 0 Å². The zero-order valence-electron chi connectivity index (χ0n) is 15.5. The molecule has 0 spiro atoms. The van der Waals surface area contributed by atoms with Crippen molar-refractivity contribution in [1.82, 2.24) is 4.57 Å². The highest BCUT2D eigenvalue weighted by atomic mass is 16.6. The van der Waals surface area contributed by atoms with Crippen LogP contribution in [0.1, 0.15) is 24.5 Å². The molecule has 2 N–H and O–H groups in total. The first-order valence-electron chi connectivity index (χ1n) is 8.89. The van der Waals surface area contributed by atoms with Crippen molar-refractivity contribution in [3.8, 4) is 6.07 Å². The van der Waals surface area contributed by atoms with Gasteiger partial charge in [0.2, 0.25) is 6.10 Å². The molecule has 1 aromatic heterocycles. The molecule has 0 aliphatic heterocycles. The predicted octanol–water partition coefficient (Wildman–Crippen LogP) is 3.50. The zero-order valence-corrected chi connectivity index (χ0v) is 15.5. The van der Waals surface area contributed by atoms with Crippen molar-refractivity contribution < 1.29 is 4.84 Å². The number of benzene rings is 2. The van der Waals surface area contributed by atoms with Gasteiger partial charge in [0, 0.05) is 17.3 Å². The predicted molar refractivity (Wildman–Crippen MR) is 104 cm³/mol. The fraction of sp³-hybridized carbons (Fsp3) is 0.333. The summed E-state index contributed by atoms with van der Waals surface area (Å²) in [6, 6.07) is 14.4. The van der Waals surface area contributed by atoms with Crippen molar-refractivity contribution in [3.63, 3.8) is 0 Å². The first-order valence-corrected chi connectivity index (χ1v) is 8.89. The minimum absolute atomic E-state index is 0.597. The molecule has 134 valence electrons. The summed E-state index contributed by atoms with van der Waals surface area (Å²) in [6.07, 6.45) is 0.301. The lowest BCUT2D eigenvalue weighted by atomic mass is 10.0. The summed E-state index contributed by atoms with van der Waals surface area (Å²) >= 11 is 0. The first kappa shape index (κ1) is 18.0. The summed E-state index contributed by atoms with van der Waals surface area (Å²) in [5, 5.41) is 16.2. The Hall–Kier alpha value is -2.84. The molecule has 5 heteroatoms. The van der Waals surface area contributed by atoms with Crippen LogP contribution in [0, 0.1) is 25.2 Å². The van der Waals surface area contributed by atoms with Crippen LogP contribution in [0.3, 0.4) is 0 Å². The Bertz CT molecular complexity index is 1060. The molecule has 0 amide bonds. The zero-order chi connectivity index (χ0) is 18.7. The third kappa shape index (κ3) is 3.16. The monoisotopic (exact) mass is 348 g/mol. The van der Waals surface area contributed by atoms with Crippen molar-refractivity contribution in [2.24, 2.45) is 10.9 Å². The number of rotatable bonds is 5. The molecule has 26 heavy (non-hydrogen) atoms. The van der Waals surface area contributed by atoms with Crippen LogP contribution in [-0.4, -0.2) is 17.2 Å². The number of nitriles is 1. The Morgan fingerprint density at radius 1 is 1.19 bits per heavy atom. The molecular formula is C21H24N4O. The molecule has 0 aliphatic carbocycles. The lowest BCUT2D eigenvalue weighted by Gasteiger charge is -2.19. The molecule has 2 aromatic carbocycles. The Labute approximate surface area is 153 Å². The van der Waals surface area contributed by atoms with Gasteiger partial charge in [0.1, 0.15) is 11.4 Å². The number of nitrogens with two attached hydrogens (primary N) is 1. The van der Waals surface area contributed by atoms with Crippen LogP contribution in [0.25, 0.3) is 21.8 Å². The SMILES string of the molecule is Cc1ccc2c(=NOC(C)C#N)c3ccccc3n(CCCN)c2c1C. The summed E-state index contributed by atoms with van der Waals surface area (Å²) in [5.74, 6) is 0. The Morgan fingerprint density at radius 3 is 2.69 bits per heavy atom. The quantitative estimate of drug-likeness (QED) is 0.566. The average molecular weight is 348 g/mol. The maximum atomic E-state index is 9.01. The van der Waals surface area contributed by atoms with Crippen LogP contribution in [0.5, 0.6) is 0 Å². The highest BCUT2D eigenvalue weighted by Crippen LogP contribution is 2.24. The highest BCUT2D eigenvalue weighted by molar-refractivity contribution is 5.95. The normalized spacial score (nSPS) is 13.1. The molecule has 0 saturated heterocycles. The summed E-state index contributed by atoms with van der Waals surface area (Å²) in [7, 11) is 0. The molecule has 1 unspecified atom stereocenters. The van der Waals surface area contributed by atoms with E-state index in [1.807, 2.05) is 18.2 Å². The summed E-state index contributed by atoms with van der Waals surface area (Å²) < 4.78 is 2.33. The molecule has 1 atom stereocenters. The molecule has 0 aliphatic rings. The number of pyridine rings is 1. The van der Waals surface area contributed by atoms with E-state index in [4.69, 9.17) is 15.8 Å². The van der Waals surface area contributed by atoms with Crippen LogP contribution in [-0.2, 0) is 11.4 Å². The van der Waals surface area contributed by atoms with Crippen LogP contribution in [0.2, 0.25) is 0 Å². The first-order chi connectivity index (χ1) is 12.6. The van der Waals surface area contributed by atoms with E-state index in [9.17, 15) is 0 Å². The van der Waals surface area contributed by atoms with Crippen molar-refractivity contribution in [2.75, 3.05) is 6.54 Å². The van der Waals surface area contributed by atoms with Gasteiger partial charge in [-0.05, 0) is 50.9 Å². The van der Waals surface area contributed by atoms with Crippen LogP contribution >= 0.6 is 0 Å². The minimum Gasteiger partial charge on any atom is -0.377 e. The number of hydrogen-bond acceptors (Lipinski definition) is 4. The van der Waals surface area contributed by atoms with Crippen LogP contribution < -0.4 is 11.1 Å². The average Bonchev–Trinajstić information content (AvgIpc) is 2.67. The number of aromatic nitrogens is 1. The van der Waals surface area contributed by atoms with Crippen molar-refractivity contribution in [3.05, 3.63) is 52.9 Å². The summed E-state index contributed by atoms with van der Waals surface area (Å²) in [4.78, 5) is 5.42. The third-order valence-electron chi connectivity index (χ3n) is 4.75. The van der Waals surface area contributed by atoms with Gasteiger partial charge in [-0.1, -0.05) is 35.5 Å². The van der Waals surface area contributed by atoms with Gasteiger partial charge < -0.3 is 15.1 Å². The standard InChI is InChI=1S/C21H24N4O/c1-14-9-10-18-20(24-26-15(2)13-23)17-7-4-5-8-19(17)25(12-6-11-22)21(18)16(14)3/h4-5,7-10,15H,6,11-12,22H2,1-3H3. The Kier molecular flexibility index (Phi) is 5.24. The molecule has 0 fully saturated rings. The van der Waals surface area contributed by atoms with E-state index in [1.54, 1.807) is 6.92 Å². The number of hydrogen-bond donors (Lipinski definition) is 1. The second-order valence-electron chi connectivity index (χ2n) is 6.53. The maximum Gasteiger partial charge on any atom is 0.209 e. The van der Waals surface area contributed by atoms with Gasteiger partial charge in [-0.2, -0.15) is 5.26 Å². The topological polar surface area (TPSA) is 76.3 Å². The van der Waals surface area contributed by atoms with Gasteiger partial charge in [-0.15, -0.1) is 0 Å². The van der Waals surface area contributed by atoms with Crippen LogP contribution in [0.15, 0.2) is 41.6 Å². The fourth-order valence-corrected chi connectivity index (χ4v) is 3.25. The van der Waals surface area contributed by atoms with E-state index in [0.29, 0.717) is 6.54 Å². The fourth-order valence-electron chi connectivity index (χ4n) is 3.25. The summed E-state index contributed by atoms with van der Waals surface area (Å²) in [6.45, 7) is 7.42. The number of para-hydroxylation sites is 1.